The first-order valence-electron chi connectivity index (χ1n) is 4.05. The summed E-state index contributed by atoms with van der Waals surface area (Å²) in [6, 6.07) is 3.64. The third-order valence-electron chi connectivity index (χ3n) is 1.55. The first-order valence-corrected chi connectivity index (χ1v) is 6.91. The number of rotatable bonds is 3. The van der Waals surface area contributed by atoms with Crippen LogP contribution in [-0.2, 0) is 0 Å². The lowest BCUT2D eigenvalue weighted by Gasteiger charge is -1.98. The van der Waals surface area contributed by atoms with Gasteiger partial charge in [-0.15, -0.1) is 10.2 Å². The second-order valence-corrected chi connectivity index (χ2v) is 5.80. The van der Waals surface area contributed by atoms with Gasteiger partial charge in [0.15, 0.2) is 8.68 Å². The molecule has 78 valence electrons. The van der Waals surface area contributed by atoms with Crippen molar-refractivity contribution in [1.82, 2.24) is 15.2 Å². The van der Waals surface area contributed by atoms with Crippen molar-refractivity contribution in [2.45, 2.75) is 13.7 Å². The number of hydrogen-bond donors (Lipinski definition) is 1. The van der Waals surface area contributed by atoms with E-state index in [1.807, 2.05) is 18.4 Å². The molecule has 2 N–H and O–H groups in total. The highest BCUT2D eigenvalue weighted by Crippen LogP contribution is 2.33. The standard InChI is InChI=1S/C8H8N4S3/c1-13-7-11-12-8(15-7)14-6-5(9)3-2-4-10-6/h2-4H,9H2,1H3. The molecule has 2 rings (SSSR count). The van der Waals surface area contributed by atoms with Crippen LogP contribution < -0.4 is 5.73 Å². The van der Waals surface area contributed by atoms with Gasteiger partial charge in [0.25, 0.3) is 0 Å². The van der Waals surface area contributed by atoms with Crippen LogP contribution in [0.5, 0.6) is 0 Å². The summed E-state index contributed by atoms with van der Waals surface area (Å²) in [6.45, 7) is 0. The molecule has 2 aromatic rings. The fraction of sp³-hybridized carbons (Fsp3) is 0.125. The molecule has 0 atom stereocenters. The molecule has 0 saturated carbocycles. The number of nitrogen functional groups attached to an aromatic ring is 1. The van der Waals surface area contributed by atoms with Crippen LogP contribution in [0.1, 0.15) is 0 Å². The molecule has 0 saturated heterocycles. The number of aromatic nitrogens is 3. The van der Waals surface area contributed by atoms with Gasteiger partial charge in [-0.3, -0.25) is 0 Å². The smallest absolute Gasteiger partial charge is 0.181 e. The summed E-state index contributed by atoms with van der Waals surface area (Å²) < 4.78 is 1.82. The Morgan fingerprint density at radius 1 is 1.33 bits per heavy atom. The molecule has 0 aromatic carbocycles. The Morgan fingerprint density at radius 2 is 2.13 bits per heavy atom. The lowest BCUT2D eigenvalue weighted by Crippen LogP contribution is -1.89. The third-order valence-corrected chi connectivity index (χ3v) is 4.53. The van der Waals surface area contributed by atoms with Gasteiger partial charge >= 0.3 is 0 Å². The average molecular weight is 256 g/mol. The number of anilines is 1. The minimum absolute atomic E-state index is 0.670. The SMILES string of the molecule is CSc1nnc(Sc2ncccc2N)s1. The number of pyridine rings is 1. The molecule has 4 nitrogen and oxygen atoms in total. The highest BCUT2D eigenvalue weighted by atomic mass is 32.2. The van der Waals surface area contributed by atoms with E-state index in [2.05, 4.69) is 15.2 Å². The highest BCUT2D eigenvalue weighted by Gasteiger charge is 2.07. The fourth-order valence-electron chi connectivity index (χ4n) is 0.892. The van der Waals surface area contributed by atoms with Gasteiger partial charge in [0.1, 0.15) is 5.03 Å². The number of nitrogens with two attached hydrogens (primary N) is 1. The van der Waals surface area contributed by atoms with Crippen LogP contribution in [0.2, 0.25) is 0 Å². The van der Waals surface area contributed by atoms with E-state index in [1.54, 1.807) is 29.3 Å². The maximum atomic E-state index is 5.78. The Balaban J connectivity index is 2.18. The van der Waals surface area contributed by atoms with E-state index in [-0.39, 0.29) is 0 Å². The number of nitrogens with zero attached hydrogens (tertiary/aromatic N) is 3. The van der Waals surface area contributed by atoms with Crippen LogP contribution >= 0.6 is 34.9 Å². The van der Waals surface area contributed by atoms with Crippen molar-refractivity contribution >= 4 is 40.5 Å². The van der Waals surface area contributed by atoms with Gasteiger partial charge in [-0.25, -0.2) is 4.98 Å². The van der Waals surface area contributed by atoms with Crippen LogP contribution in [0, 0.1) is 0 Å². The van der Waals surface area contributed by atoms with E-state index in [1.165, 1.54) is 11.8 Å². The molecule has 2 heterocycles. The summed E-state index contributed by atoms with van der Waals surface area (Å²) in [5.74, 6) is 0. The molecule has 7 heteroatoms. The van der Waals surface area contributed by atoms with Crippen LogP contribution in [0.3, 0.4) is 0 Å². The van der Waals surface area contributed by atoms with E-state index >= 15 is 0 Å². The molecule has 0 amide bonds. The maximum absolute atomic E-state index is 5.78. The van der Waals surface area contributed by atoms with Gasteiger partial charge in [-0.1, -0.05) is 23.1 Å². The van der Waals surface area contributed by atoms with Crippen molar-refractivity contribution in [3.05, 3.63) is 18.3 Å². The van der Waals surface area contributed by atoms with Gasteiger partial charge in [0.2, 0.25) is 0 Å². The fourth-order valence-corrected chi connectivity index (χ4v) is 3.24. The lowest BCUT2D eigenvalue weighted by atomic mass is 10.4. The minimum atomic E-state index is 0.670. The largest absolute Gasteiger partial charge is 0.397 e. The predicted octanol–water partition coefficient (Wildman–Crippen LogP) is 2.39. The molecule has 0 spiro atoms. The maximum Gasteiger partial charge on any atom is 0.181 e. The van der Waals surface area contributed by atoms with Crippen molar-refractivity contribution in [2.75, 3.05) is 12.0 Å². The zero-order valence-electron chi connectivity index (χ0n) is 7.88. The molecule has 0 aliphatic rings. The van der Waals surface area contributed by atoms with Crippen molar-refractivity contribution in [1.29, 1.82) is 0 Å². The summed E-state index contributed by atoms with van der Waals surface area (Å²) in [7, 11) is 0. The Morgan fingerprint density at radius 3 is 2.80 bits per heavy atom. The van der Waals surface area contributed by atoms with Gasteiger partial charge in [0, 0.05) is 6.20 Å². The third kappa shape index (κ3) is 2.61. The van der Waals surface area contributed by atoms with Crippen molar-refractivity contribution in [2.24, 2.45) is 0 Å². The molecule has 0 aliphatic heterocycles. The highest BCUT2D eigenvalue weighted by molar-refractivity contribution is 8.03. The second kappa shape index (κ2) is 4.82. The first kappa shape index (κ1) is 10.7. The van der Waals surface area contributed by atoms with Crippen molar-refractivity contribution < 1.29 is 0 Å². The van der Waals surface area contributed by atoms with Crippen LogP contribution in [0.15, 0.2) is 32.0 Å². The second-order valence-electron chi connectivity index (χ2n) is 2.54. The van der Waals surface area contributed by atoms with Crippen LogP contribution in [0.25, 0.3) is 0 Å². The monoisotopic (exact) mass is 256 g/mol. The summed E-state index contributed by atoms with van der Waals surface area (Å²) in [5.41, 5.74) is 6.45. The summed E-state index contributed by atoms with van der Waals surface area (Å²) in [5, 5.41) is 8.82. The van der Waals surface area contributed by atoms with E-state index in [0.717, 1.165) is 13.7 Å². The topological polar surface area (TPSA) is 64.7 Å². The summed E-state index contributed by atoms with van der Waals surface area (Å²) >= 11 is 4.57. The van der Waals surface area contributed by atoms with E-state index in [4.69, 9.17) is 5.73 Å². The number of thioether (sulfide) groups is 1. The van der Waals surface area contributed by atoms with E-state index in [0.29, 0.717) is 5.69 Å². The first-order chi connectivity index (χ1) is 7.29. The Hall–Kier alpha value is -0.790. The lowest BCUT2D eigenvalue weighted by molar-refractivity contribution is 0.954. The van der Waals surface area contributed by atoms with Gasteiger partial charge in [-0.05, 0) is 30.2 Å². The minimum Gasteiger partial charge on any atom is -0.397 e. The molecule has 0 fully saturated rings. The van der Waals surface area contributed by atoms with E-state index in [9.17, 15) is 0 Å². The quantitative estimate of drug-likeness (QED) is 0.851. The summed E-state index contributed by atoms with van der Waals surface area (Å²) in [4.78, 5) is 4.18. The number of hydrogen-bond acceptors (Lipinski definition) is 7. The van der Waals surface area contributed by atoms with Crippen LogP contribution in [-0.4, -0.2) is 21.4 Å². The zero-order chi connectivity index (χ0) is 10.7. The molecular formula is C8H8N4S3. The molecule has 0 bridgehead atoms. The predicted molar refractivity (Wildman–Crippen MR) is 64.5 cm³/mol. The molecular weight excluding hydrogens is 248 g/mol. The molecule has 2 aromatic heterocycles. The Kier molecular flexibility index (Phi) is 3.45. The van der Waals surface area contributed by atoms with Crippen molar-refractivity contribution in [3.63, 3.8) is 0 Å². The average Bonchev–Trinajstić information content (AvgIpc) is 2.69. The van der Waals surface area contributed by atoms with Gasteiger partial charge < -0.3 is 5.73 Å². The normalized spacial score (nSPS) is 10.5. The molecule has 15 heavy (non-hydrogen) atoms. The molecule has 0 radical (unpaired) electrons. The molecule has 0 unspecified atom stereocenters. The van der Waals surface area contributed by atoms with Crippen molar-refractivity contribution in [3.8, 4) is 0 Å². The van der Waals surface area contributed by atoms with Gasteiger partial charge in [-0.2, -0.15) is 0 Å². The Bertz CT molecular complexity index is 457. The summed E-state index contributed by atoms with van der Waals surface area (Å²) in [6.07, 6.45) is 3.69. The van der Waals surface area contributed by atoms with Crippen LogP contribution in [0.4, 0.5) is 5.69 Å². The van der Waals surface area contributed by atoms with E-state index < -0.39 is 0 Å². The zero-order valence-corrected chi connectivity index (χ0v) is 10.3. The molecule has 0 aliphatic carbocycles. The Labute approximate surface area is 99.7 Å². The van der Waals surface area contributed by atoms with Gasteiger partial charge in [0.05, 0.1) is 5.69 Å².